The molecule has 0 aliphatic heterocycles. The van der Waals surface area contributed by atoms with E-state index >= 15 is 0 Å². The van der Waals surface area contributed by atoms with Crippen LogP contribution in [-0.2, 0) is 0 Å². The summed E-state index contributed by atoms with van der Waals surface area (Å²) < 4.78 is 0. The molecule has 0 aliphatic carbocycles. The molecule has 0 nitrogen and oxygen atoms in total. The van der Waals surface area contributed by atoms with Crippen LogP contribution in [0.1, 0.15) is 46.0 Å². The summed E-state index contributed by atoms with van der Waals surface area (Å²) in [7, 11) is 0. The summed E-state index contributed by atoms with van der Waals surface area (Å²) in [6, 6.07) is 0. The van der Waals surface area contributed by atoms with E-state index in [1.807, 2.05) is 0 Å². The molecule has 0 heteroatoms. The van der Waals surface area contributed by atoms with Crippen LogP contribution in [0, 0.1) is 12.8 Å². The molecule has 0 aromatic rings. The summed E-state index contributed by atoms with van der Waals surface area (Å²) in [5, 5.41) is 0. The smallest absolute Gasteiger partial charge is 0.0169 e. The third-order valence-electron chi connectivity index (χ3n) is 2.16. The van der Waals surface area contributed by atoms with E-state index in [-0.39, 0.29) is 0 Å². The van der Waals surface area contributed by atoms with E-state index in [2.05, 4.69) is 45.1 Å². The lowest BCUT2D eigenvalue weighted by atomic mass is 10.0. The van der Waals surface area contributed by atoms with Gasteiger partial charge in [-0.15, -0.1) is 0 Å². The fourth-order valence-electron chi connectivity index (χ4n) is 1.08. The highest BCUT2D eigenvalue weighted by molar-refractivity contribution is 4.92. The minimum Gasteiger partial charge on any atom is -0.0885 e. The highest BCUT2D eigenvalue weighted by Crippen LogP contribution is 2.09. The van der Waals surface area contributed by atoms with Gasteiger partial charge in [0.15, 0.2) is 0 Å². The van der Waals surface area contributed by atoms with Gasteiger partial charge in [-0.2, -0.15) is 0 Å². The van der Waals surface area contributed by atoms with Gasteiger partial charge in [0.1, 0.15) is 0 Å². The molecule has 0 saturated heterocycles. The largest absolute Gasteiger partial charge is 0.0885 e. The molecule has 0 heterocycles. The Morgan fingerprint density at radius 1 is 1.15 bits per heavy atom. The maximum Gasteiger partial charge on any atom is -0.0169 e. The molecule has 0 rings (SSSR count). The number of hydrogen-bond acceptors (Lipinski definition) is 0. The molecule has 13 heavy (non-hydrogen) atoms. The van der Waals surface area contributed by atoms with Crippen molar-refractivity contribution >= 4 is 0 Å². The molecule has 0 aromatic carbocycles. The van der Waals surface area contributed by atoms with Gasteiger partial charge in [0.2, 0.25) is 0 Å². The van der Waals surface area contributed by atoms with E-state index in [0.717, 1.165) is 25.2 Å². The number of rotatable bonds is 7. The second kappa shape index (κ2) is 9.57. The zero-order valence-corrected chi connectivity index (χ0v) is 9.13. The Balaban J connectivity index is 3.26. The van der Waals surface area contributed by atoms with E-state index in [1.165, 1.54) is 12.8 Å². The van der Waals surface area contributed by atoms with Crippen LogP contribution in [0.3, 0.4) is 0 Å². The van der Waals surface area contributed by atoms with Gasteiger partial charge in [0.25, 0.3) is 0 Å². The lowest BCUT2D eigenvalue weighted by Crippen LogP contribution is -1.89. The minimum atomic E-state index is 0.774. The Labute approximate surface area is 83.7 Å². The lowest BCUT2D eigenvalue weighted by Gasteiger charge is -2.03. The van der Waals surface area contributed by atoms with Crippen LogP contribution in [-0.4, -0.2) is 0 Å². The zero-order valence-electron chi connectivity index (χ0n) is 9.13. The molecule has 0 bridgehead atoms. The Morgan fingerprint density at radius 3 is 2.46 bits per heavy atom. The van der Waals surface area contributed by atoms with Crippen LogP contribution >= 0.6 is 0 Å². The van der Waals surface area contributed by atoms with Crippen molar-refractivity contribution < 1.29 is 0 Å². The highest BCUT2D eigenvalue weighted by Gasteiger charge is 1.94. The van der Waals surface area contributed by atoms with Crippen LogP contribution in [0.15, 0.2) is 24.3 Å². The first-order valence-electron chi connectivity index (χ1n) is 5.40. The number of allylic oxidation sites excluding steroid dienone is 4. The highest BCUT2D eigenvalue weighted by atomic mass is 14.0. The Bertz CT molecular complexity index is 142. The zero-order chi connectivity index (χ0) is 9.94. The molecular formula is C13H23. The summed E-state index contributed by atoms with van der Waals surface area (Å²) in [6.07, 6.45) is 14.7. The Hall–Kier alpha value is -0.520. The van der Waals surface area contributed by atoms with Crippen molar-refractivity contribution in [2.24, 2.45) is 5.92 Å². The molecule has 0 amide bonds. The van der Waals surface area contributed by atoms with E-state index in [0.29, 0.717) is 0 Å². The Morgan fingerprint density at radius 2 is 1.85 bits per heavy atom. The first-order valence-corrected chi connectivity index (χ1v) is 5.40. The predicted octanol–water partition coefficient (Wildman–Crippen LogP) is 4.54. The van der Waals surface area contributed by atoms with Crippen molar-refractivity contribution in [2.75, 3.05) is 0 Å². The lowest BCUT2D eigenvalue weighted by molar-refractivity contribution is 0.544. The van der Waals surface area contributed by atoms with Gasteiger partial charge >= 0.3 is 0 Å². The van der Waals surface area contributed by atoms with Gasteiger partial charge in [0, 0.05) is 0 Å². The topological polar surface area (TPSA) is 0 Å². The van der Waals surface area contributed by atoms with Crippen molar-refractivity contribution in [1.29, 1.82) is 0 Å². The van der Waals surface area contributed by atoms with Crippen LogP contribution in [0.5, 0.6) is 0 Å². The van der Waals surface area contributed by atoms with Crippen LogP contribution in [0.4, 0.5) is 0 Å². The molecule has 0 saturated carbocycles. The van der Waals surface area contributed by atoms with E-state index in [9.17, 15) is 0 Å². The van der Waals surface area contributed by atoms with Gasteiger partial charge in [-0.1, -0.05) is 51.5 Å². The van der Waals surface area contributed by atoms with Crippen LogP contribution < -0.4 is 0 Å². The van der Waals surface area contributed by atoms with Crippen molar-refractivity contribution in [2.45, 2.75) is 46.0 Å². The molecule has 0 N–H and O–H groups in total. The van der Waals surface area contributed by atoms with E-state index < -0.39 is 0 Å². The van der Waals surface area contributed by atoms with Gasteiger partial charge < -0.3 is 0 Å². The second-order valence-electron chi connectivity index (χ2n) is 3.56. The molecule has 1 radical (unpaired) electrons. The van der Waals surface area contributed by atoms with Crippen molar-refractivity contribution in [3.8, 4) is 0 Å². The van der Waals surface area contributed by atoms with Crippen molar-refractivity contribution in [3.05, 3.63) is 31.2 Å². The standard InChI is InChI=1S/C13H23/c1-4-6-7-8-9-10-11-12-13(3)5-2/h6-7,9-10,13H,2,4-5,8,11-12H2,1,3H3/b7-6-,10-9-. The molecule has 1 atom stereocenters. The predicted molar refractivity (Wildman–Crippen MR) is 61.6 cm³/mol. The summed E-state index contributed by atoms with van der Waals surface area (Å²) in [4.78, 5) is 0. The van der Waals surface area contributed by atoms with Crippen molar-refractivity contribution in [3.63, 3.8) is 0 Å². The van der Waals surface area contributed by atoms with E-state index in [4.69, 9.17) is 0 Å². The summed E-state index contributed by atoms with van der Waals surface area (Å²) in [5.41, 5.74) is 0. The van der Waals surface area contributed by atoms with Gasteiger partial charge in [-0.05, 0) is 31.6 Å². The van der Waals surface area contributed by atoms with Gasteiger partial charge in [0.05, 0.1) is 0 Å². The Kier molecular flexibility index (Phi) is 9.18. The average Bonchev–Trinajstić information content (AvgIpc) is 2.16. The first kappa shape index (κ1) is 12.5. The van der Waals surface area contributed by atoms with Gasteiger partial charge in [-0.3, -0.25) is 0 Å². The maximum atomic E-state index is 3.89. The third-order valence-corrected chi connectivity index (χ3v) is 2.16. The maximum absolute atomic E-state index is 3.89. The SMILES string of the molecule is [CH2]CC(C)CC/C=C\C/C=C\CC. The fraction of sp³-hybridized carbons (Fsp3) is 0.615. The first-order chi connectivity index (χ1) is 6.31. The molecule has 0 aromatic heterocycles. The number of hydrogen-bond donors (Lipinski definition) is 0. The quantitative estimate of drug-likeness (QED) is 0.503. The van der Waals surface area contributed by atoms with Crippen molar-refractivity contribution in [1.82, 2.24) is 0 Å². The average molecular weight is 179 g/mol. The van der Waals surface area contributed by atoms with Crippen LogP contribution in [0.25, 0.3) is 0 Å². The van der Waals surface area contributed by atoms with Crippen LogP contribution in [0.2, 0.25) is 0 Å². The summed E-state index contributed by atoms with van der Waals surface area (Å²) in [5.74, 6) is 0.774. The fourth-order valence-corrected chi connectivity index (χ4v) is 1.08. The molecular weight excluding hydrogens is 156 g/mol. The van der Waals surface area contributed by atoms with E-state index in [1.54, 1.807) is 0 Å². The third kappa shape index (κ3) is 9.39. The molecule has 0 fully saturated rings. The van der Waals surface area contributed by atoms with Gasteiger partial charge in [-0.25, -0.2) is 0 Å². The second-order valence-corrected chi connectivity index (χ2v) is 3.56. The molecule has 0 spiro atoms. The summed E-state index contributed by atoms with van der Waals surface area (Å²) >= 11 is 0. The minimum absolute atomic E-state index is 0.774. The molecule has 0 aliphatic rings. The normalized spacial score (nSPS) is 14.4. The molecule has 1 unspecified atom stereocenters. The molecule has 75 valence electrons. The monoisotopic (exact) mass is 179 g/mol. The summed E-state index contributed by atoms with van der Waals surface area (Å²) in [6.45, 7) is 8.31.